The maximum atomic E-state index is 5.94. The van der Waals surface area contributed by atoms with Crippen molar-refractivity contribution in [3.63, 3.8) is 0 Å². The van der Waals surface area contributed by atoms with Gasteiger partial charge in [-0.2, -0.15) is 0 Å². The topological polar surface area (TPSA) is 21.3 Å². The van der Waals surface area contributed by atoms with Gasteiger partial charge in [0.25, 0.3) is 0 Å². The Hall–Kier alpha value is -0.730. The van der Waals surface area contributed by atoms with Crippen molar-refractivity contribution in [3.8, 4) is 0 Å². The van der Waals surface area contributed by atoms with Gasteiger partial charge >= 0.3 is 0 Å². The number of hydrogen-bond donors (Lipinski definition) is 1. The average molecular weight is 228 g/mol. The summed E-state index contributed by atoms with van der Waals surface area (Å²) in [5.74, 6) is 0. The maximum Gasteiger partial charge on any atom is 0.0741 e. The molecule has 0 radical (unpaired) electrons. The van der Waals surface area contributed by atoms with Gasteiger partial charge in [-0.3, -0.25) is 0 Å². The number of halogens is 1. The molecule has 0 bridgehead atoms. The molecule has 0 fully saturated rings. The Balaban J connectivity index is 2.75. The monoisotopic (exact) mass is 227 g/mol. The molecular formula is C12H18ClNO. The fraction of sp³-hybridized carbons (Fsp3) is 0.500. The molecule has 0 amide bonds. The third-order valence-electron chi connectivity index (χ3n) is 2.66. The Morgan fingerprint density at radius 2 is 2.00 bits per heavy atom. The lowest BCUT2D eigenvalue weighted by Crippen LogP contribution is -2.29. The molecule has 2 unspecified atom stereocenters. The highest BCUT2D eigenvalue weighted by Gasteiger charge is 2.11. The lowest BCUT2D eigenvalue weighted by atomic mass is 10.1. The molecule has 0 spiro atoms. The minimum Gasteiger partial charge on any atom is -0.380 e. The first-order valence-electron chi connectivity index (χ1n) is 5.10. The summed E-state index contributed by atoms with van der Waals surface area (Å²) in [5.41, 5.74) is 2.26. The number of ether oxygens (including phenoxy) is 1. The second kappa shape index (κ2) is 5.38. The van der Waals surface area contributed by atoms with Crippen molar-refractivity contribution in [2.75, 3.05) is 12.4 Å². The highest BCUT2D eigenvalue weighted by molar-refractivity contribution is 6.30. The maximum absolute atomic E-state index is 5.94. The number of benzene rings is 1. The first kappa shape index (κ1) is 12.3. The minimum atomic E-state index is 0.170. The third kappa shape index (κ3) is 3.40. The standard InChI is InChI=1S/C12H18ClNO/c1-8-5-6-11(13)7-12(8)14-9(2)10(3)15-4/h5-7,9-10,14H,1-4H3. The number of anilines is 1. The van der Waals surface area contributed by atoms with E-state index >= 15 is 0 Å². The van der Waals surface area contributed by atoms with Crippen molar-refractivity contribution < 1.29 is 4.74 Å². The molecule has 0 aliphatic heterocycles. The van der Waals surface area contributed by atoms with Gasteiger partial charge in [0, 0.05) is 23.9 Å². The van der Waals surface area contributed by atoms with Gasteiger partial charge in [0.15, 0.2) is 0 Å². The number of aryl methyl sites for hydroxylation is 1. The molecule has 0 saturated heterocycles. The Morgan fingerprint density at radius 1 is 1.33 bits per heavy atom. The van der Waals surface area contributed by atoms with Gasteiger partial charge in [0.1, 0.15) is 0 Å². The Morgan fingerprint density at radius 3 is 2.60 bits per heavy atom. The van der Waals surface area contributed by atoms with E-state index in [1.54, 1.807) is 7.11 Å². The summed E-state index contributed by atoms with van der Waals surface area (Å²) in [4.78, 5) is 0. The second-order valence-corrected chi connectivity index (χ2v) is 4.27. The molecule has 2 nitrogen and oxygen atoms in total. The first-order valence-corrected chi connectivity index (χ1v) is 5.48. The van der Waals surface area contributed by atoms with Gasteiger partial charge in [-0.25, -0.2) is 0 Å². The van der Waals surface area contributed by atoms with Gasteiger partial charge in [0.2, 0.25) is 0 Å². The molecule has 1 rings (SSSR count). The summed E-state index contributed by atoms with van der Waals surface area (Å²) in [6.07, 6.45) is 0.170. The van der Waals surface area contributed by atoms with Crippen LogP contribution in [-0.2, 0) is 4.74 Å². The summed E-state index contributed by atoms with van der Waals surface area (Å²) < 4.78 is 5.26. The van der Waals surface area contributed by atoms with E-state index in [1.165, 1.54) is 5.56 Å². The van der Waals surface area contributed by atoms with Crippen molar-refractivity contribution in [3.05, 3.63) is 28.8 Å². The first-order chi connectivity index (χ1) is 7.04. The second-order valence-electron chi connectivity index (χ2n) is 3.83. The van der Waals surface area contributed by atoms with E-state index in [0.29, 0.717) is 0 Å². The van der Waals surface area contributed by atoms with Crippen LogP contribution in [0.25, 0.3) is 0 Å². The van der Waals surface area contributed by atoms with Crippen LogP contribution in [0.4, 0.5) is 5.69 Å². The van der Waals surface area contributed by atoms with Gasteiger partial charge in [-0.15, -0.1) is 0 Å². The lowest BCUT2D eigenvalue weighted by Gasteiger charge is -2.22. The molecule has 3 heteroatoms. The van der Waals surface area contributed by atoms with E-state index in [0.717, 1.165) is 10.7 Å². The predicted octanol–water partition coefficient (Wildman–Crippen LogP) is 3.48. The Labute approximate surface area is 96.6 Å². The largest absolute Gasteiger partial charge is 0.380 e. The van der Waals surface area contributed by atoms with Crippen LogP contribution < -0.4 is 5.32 Å². The zero-order valence-electron chi connectivity index (χ0n) is 9.67. The van der Waals surface area contributed by atoms with E-state index in [-0.39, 0.29) is 12.1 Å². The molecule has 1 N–H and O–H groups in total. The Kier molecular flexibility index (Phi) is 4.43. The minimum absolute atomic E-state index is 0.170. The van der Waals surface area contributed by atoms with Crippen molar-refractivity contribution >= 4 is 17.3 Å². The van der Waals surface area contributed by atoms with Crippen molar-refractivity contribution in [1.29, 1.82) is 0 Å². The fourth-order valence-corrected chi connectivity index (χ4v) is 1.49. The van der Waals surface area contributed by atoms with E-state index in [1.807, 2.05) is 25.1 Å². The van der Waals surface area contributed by atoms with Gasteiger partial charge in [-0.1, -0.05) is 17.7 Å². The predicted molar refractivity (Wildman–Crippen MR) is 65.7 cm³/mol. The molecule has 0 aliphatic rings. The highest BCUT2D eigenvalue weighted by atomic mass is 35.5. The summed E-state index contributed by atoms with van der Waals surface area (Å²) in [6, 6.07) is 6.10. The van der Waals surface area contributed by atoms with Crippen molar-refractivity contribution in [2.45, 2.75) is 32.9 Å². The van der Waals surface area contributed by atoms with Crippen LogP contribution in [-0.4, -0.2) is 19.3 Å². The normalized spacial score (nSPS) is 14.7. The van der Waals surface area contributed by atoms with Crippen molar-refractivity contribution in [1.82, 2.24) is 0 Å². The molecule has 0 heterocycles. The van der Waals surface area contributed by atoms with Crippen LogP contribution in [0.5, 0.6) is 0 Å². The molecule has 2 atom stereocenters. The van der Waals surface area contributed by atoms with E-state index in [9.17, 15) is 0 Å². The van der Waals surface area contributed by atoms with Crippen LogP contribution in [0, 0.1) is 6.92 Å². The number of rotatable bonds is 4. The van der Waals surface area contributed by atoms with Gasteiger partial charge in [0.05, 0.1) is 6.10 Å². The van der Waals surface area contributed by atoms with E-state index in [2.05, 4.69) is 19.2 Å². The zero-order chi connectivity index (χ0) is 11.4. The lowest BCUT2D eigenvalue weighted by molar-refractivity contribution is 0.106. The van der Waals surface area contributed by atoms with Gasteiger partial charge in [-0.05, 0) is 38.5 Å². The van der Waals surface area contributed by atoms with Crippen LogP contribution in [0.2, 0.25) is 5.02 Å². The molecule has 15 heavy (non-hydrogen) atoms. The number of nitrogens with one attached hydrogen (secondary N) is 1. The molecule has 1 aromatic rings. The zero-order valence-corrected chi connectivity index (χ0v) is 10.4. The summed E-state index contributed by atoms with van der Waals surface area (Å²) in [6.45, 7) is 6.19. The molecule has 1 aromatic carbocycles. The number of hydrogen-bond acceptors (Lipinski definition) is 2. The molecule has 84 valence electrons. The molecule has 0 aliphatic carbocycles. The number of methoxy groups -OCH3 is 1. The third-order valence-corrected chi connectivity index (χ3v) is 2.89. The van der Waals surface area contributed by atoms with Crippen molar-refractivity contribution in [2.24, 2.45) is 0 Å². The van der Waals surface area contributed by atoms with Crippen LogP contribution in [0.3, 0.4) is 0 Å². The summed E-state index contributed by atoms with van der Waals surface area (Å²) in [5, 5.41) is 4.14. The molecule has 0 aromatic heterocycles. The quantitative estimate of drug-likeness (QED) is 0.851. The van der Waals surface area contributed by atoms with E-state index < -0.39 is 0 Å². The fourth-order valence-electron chi connectivity index (χ4n) is 1.32. The molecular weight excluding hydrogens is 210 g/mol. The summed E-state index contributed by atoms with van der Waals surface area (Å²) >= 11 is 5.94. The SMILES string of the molecule is COC(C)C(C)Nc1cc(Cl)ccc1C. The van der Waals surface area contributed by atoms with Crippen LogP contribution >= 0.6 is 11.6 Å². The van der Waals surface area contributed by atoms with Gasteiger partial charge < -0.3 is 10.1 Å². The van der Waals surface area contributed by atoms with Crippen LogP contribution in [0.1, 0.15) is 19.4 Å². The highest BCUT2D eigenvalue weighted by Crippen LogP contribution is 2.21. The van der Waals surface area contributed by atoms with E-state index in [4.69, 9.17) is 16.3 Å². The van der Waals surface area contributed by atoms with Crippen LogP contribution in [0.15, 0.2) is 18.2 Å². The average Bonchev–Trinajstić information content (AvgIpc) is 2.22. The Bertz CT molecular complexity index is 327. The summed E-state index contributed by atoms with van der Waals surface area (Å²) in [7, 11) is 1.72. The smallest absolute Gasteiger partial charge is 0.0741 e. The molecule has 0 saturated carbocycles.